The predicted molar refractivity (Wildman–Crippen MR) is 60.9 cm³/mol. The van der Waals surface area contributed by atoms with Gasteiger partial charge in [0.2, 0.25) is 0 Å². The molecular formula is C11H15BFNO2. The fraction of sp³-hybridized carbons (Fsp3) is 0.455. The molecule has 86 valence electrons. The minimum absolute atomic E-state index is 0.315. The van der Waals surface area contributed by atoms with Gasteiger partial charge in [-0.15, -0.1) is 0 Å². The van der Waals surface area contributed by atoms with Crippen LogP contribution in [-0.2, 0) is 16.8 Å². The highest BCUT2D eigenvalue weighted by atomic mass is 19.1. The Morgan fingerprint density at radius 2 is 2.19 bits per heavy atom. The zero-order valence-corrected chi connectivity index (χ0v) is 9.67. The van der Waals surface area contributed by atoms with E-state index in [0.717, 1.165) is 5.56 Å². The first kappa shape index (κ1) is 11.6. The van der Waals surface area contributed by atoms with Crippen LogP contribution in [0.15, 0.2) is 12.1 Å². The van der Waals surface area contributed by atoms with Gasteiger partial charge in [0.15, 0.2) is 0 Å². The summed E-state index contributed by atoms with van der Waals surface area (Å²) in [6.07, 6.45) is 0. The second-order valence-electron chi connectivity index (χ2n) is 4.55. The molecule has 0 unspecified atom stereocenters. The van der Waals surface area contributed by atoms with Crippen molar-refractivity contribution in [1.82, 2.24) is 5.32 Å². The van der Waals surface area contributed by atoms with Crippen molar-refractivity contribution >= 4 is 12.6 Å². The van der Waals surface area contributed by atoms with Crippen LogP contribution in [0, 0.1) is 5.82 Å². The van der Waals surface area contributed by atoms with E-state index in [9.17, 15) is 9.41 Å². The van der Waals surface area contributed by atoms with E-state index < -0.39 is 12.7 Å². The Bertz CT molecular complexity index is 423. The molecule has 2 N–H and O–H groups in total. The maximum atomic E-state index is 13.9. The van der Waals surface area contributed by atoms with Gasteiger partial charge in [-0.2, -0.15) is 0 Å². The lowest BCUT2D eigenvalue weighted by atomic mass is 9.77. The van der Waals surface area contributed by atoms with Gasteiger partial charge in [0.05, 0.1) is 5.60 Å². The molecule has 5 heteroatoms. The van der Waals surface area contributed by atoms with Crippen LogP contribution in [0.1, 0.15) is 25.0 Å². The van der Waals surface area contributed by atoms with Crippen LogP contribution in [0.4, 0.5) is 4.39 Å². The van der Waals surface area contributed by atoms with E-state index in [0.29, 0.717) is 17.6 Å². The lowest BCUT2D eigenvalue weighted by Crippen LogP contribution is -2.29. The summed E-state index contributed by atoms with van der Waals surface area (Å²) >= 11 is 0. The van der Waals surface area contributed by atoms with E-state index in [1.807, 2.05) is 0 Å². The van der Waals surface area contributed by atoms with Gasteiger partial charge in [-0.3, -0.25) is 0 Å². The number of rotatable bonds is 2. The van der Waals surface area contributed by atoms with Crippen molar-refractivity contribution in [3.8, 4) is 0 Å². The van der Waals surface area contributed by atoms with Crippen molar-refractivity contribution in [2.75, 3.05) is 7.05 Å². The first-order valence-corrected chi connectivity index (χ1v) is 5.29. The highest BCUT2D eigenvalue weighted by Gasteiger charge is 2.42. The minimum atomic E-state index is -1.03. The molecule has 0 atom stereocenters. The summed E-state index contributed by atoms with van der Waals surface area (Å²) in [5.41, 5.74) is 1.03. The fourth-order valence-electron chi connectivity index (χ4n) is 2.22. The van der Waals surface area contributed by atoms with Crippen LogP contribution < -0.4 is 10.8 Å². The molecular weight excluding hydrogens is 208 g/mol. The van der Waals surface area contributed by atoms with Crippen molar-refractivity contribution in [3.63, 3.8) is 0 Å². The summed E-state index contributed by atoms with van der Waals surface area (Å²) in [7, 11) is 0.762. The smallest absolute Gasteiger partial charge is 0.423 e. The van der Waals surface area contributed by atoms with Crippen molar-refractivity contribution in [2.24, 2.45) is 0 Å². The average molecular weight is 223 g/mol. The fourth-order valence-corrected chi connectivity index (χ4v) is 2.22. The van der Waals surface area contributed by atoms with Crippen LogP contribution in [0.2, 0.25) is 0 Å². The number of fused-ring (bicyclic) bond motifs is 1. The van der Waals surface area contributed by atoms with Gasteiger partial charge in [-0.1, -0.05) is 6.07 Å². The molecule has 3 nitrogen and oxygen atoms in total. The zero-order chi connectivity index (χ0) is 11.9. The summed E-state index contributed by atoms with van der Waals surface area (Å²) in [4.78, 5) is 0. The Morgan fingerprint density at radius 3 is 2.81 bits per heavy atom. The lowest BCUT2D eigenvalue weighted by Gasteiger charge is -2.20. The molecule has 0 fully saturated rings. The van der Waals surface area contributed by atoms with Gasteiger partial charge in [0.1, 0.15) is 5.82 Å². The monoisotopic (exact) mass is 223 g/mol. The van der Waals surface area contributed by atoms with E-state index in [4.69, 9.17) is 4.65 Å². The lowest BCUT2D eigenvalue weighted by molar-refractivity contribution is 0.0974. The normalized spacial score (nSPS) is 17.7. The highest BCUT2D eigenvalue weighted by Crippen LogP contribution is 2.32. The minimum Gasteiger partial charge on any atom is -0.423 e. The number of hydrogen-bond donors (Lipinski definition) is 2. The quantitative estimate of drug-likeness (QED) is 0.717. The zero-order valence-electron chi connectivity index (χ0n) is 9.67. The van der Waals surface area contributed by atoms with E-state index >= 15 is 0 Å². The molecule has 0 amide bonds. The summed E-state index contributed by atoms with van der Waals surface area (Å²) in [5.74, 6) is -0.315. The van der Waals surface area contributed by atoms with E-state index in [1.54, 1.807) is 27.0 Å². The Kier molecular flexibility index (Phi) is 2.78. The molecule has 2 rings (SSSR count). The molecule has 1 aromatic rings. The first-order chi connectivity index (χ1) is 7.45. The molecule has 1 heterocycles. The average Bonchev–Trinajstić information content (AvgIpc) is 2.37. The van der Waals surface area contributed by atoms with Gasteiger partial charge in [0.25, 0.3) is 0 Å². The first-order valence-electron chi connectivity index (χ1n) is 5.29. The molecule has 0 bridgehead atoms. The number of hydrogen-bond acceptors (Lipinski definition) is 3. The van der Waals surface area contributed by atoms with Crippen molar-refractivity contribution in [2.45, 2.75) is 26.0 Å². The predicted octanol–water partition coefficient (Wildman–Crippen LogP) is 0.498. The summed E-state index contributed by atoms with van der Waals surface area (Å²) in [5, 5.41) is 12.7. The van der Waals surface area contributed by atoms with Crippen molar-refractivity contribution in [3.05, 3.63) is 29.1 Å². The Morgan fingerprint density at radius 1 is 1.50 bits per heavy atom. The second-order valence-corrected chi connectivity index (χ2v) is 4.55. The second kappa shape index (κ2) is 3.84. The van der Waals surface area contributed by atoms with Crippen molar-refractivity contribution < 1.29 is 14.1 Å². The molecule has 1 aromatic carbocycles. The molecule has 0 spiro atoms. The molecule has 0 radical (unpaired) electrons. The van der Waals surface area contributed by atoms with Crippen LogP contribution >= 0.6 is 0 Å². The molecule has 0 aliphatic carbocycles. The van der Waals surface area contributed by atoms with Gasteiger partial charge in [-0.25, -0.2) is 4.39 Å². The molecule has 1 aliphatic heterocycles. The van der Waals surface area contributed by atoms with E-state index in [1.165, 1.54) is 6.07 Å². The molecule has 1 aliphatic rings. The van der Waals surface area contributed by atoms with Crippen LogP contribution in [-0.4, -0.2) is 19.2 Å². The number of benzene rings is 1. The standard InChI is InChI=1S/C11H15BFNO2/c1-11(2)10-8(12(15)16-11)4-7(6-14-3)5-9(10)13/h4-5,14-15H,6H2,1-3H3. The van der Waals surface area contributed by atoms with Crippen LogP contribution in [0.3, 0.4) is 0 Å². The Labute approximate surface area is 94.8 Å². The maximum absolute atomic E-state index is 13.9. The largest absolute Gasteiger partial charge is 0.492 e. The molecule has 0 saturated carbocycles. The third-order valence-electron chi connectivity index (χ3n) is 2.84. The van der Waals surface area contributed by atoms with E-state index in [-0.39, 0.29) is 5.82 Å². The van der Waals surface area contributed by atoms with Gasteiger partial charge in [-0.05, 0) is 38.0 Å². The molecule has 16 heavy (non-hydrogen) atoms. The van der Waals surface area contributed by atoms with Gasteiger partial charge in [0, 0.05) is 12.1 Å². The summed E-state index contributed by atoms with van der Waals surface area (Å²) < 4.78 is 19.3. The van der Waals surface area contributed by atoms with Crippen LogP contribution in [0.5, 0.6) is 0 Å². The SMILES string of the molecule is CNCc1cc(F)c2c(c1)B(O)OC2(C)C. The third kappa shape index (κ3) is 1.75. The molecule has 0 aromatic heterocycles. The Hall–Kier alpha value is -0.905. The van der Waals surface area contributed by atoms with Gasteiger partial charge < -0.3 is 15.0 Å². The van der Waals surface area contributed by atoms with Gasteiger partial charge >= 0.3 is 7.12 Å². The highest BCUT2D eigenvalue weighted by molar-refractivity contribution is 6.62. The Balaban J connectivity index is 2.53. The maximum Gasteiger partial charge on any atom is 0.492 e. The van der Waals surface area contributed by atoms with E-state index in [2.05, 4.69) is 5.32 Å². The number of halogens is 1. The summed E-state index contributed by atoms with van der Waals surface area (Å²) in [6, 6.07) is 3.27. The third-order valence-corrected chi connectivity index (χ3v) is 2.84. The number of nitrogens with one attached hydrogen (secondary N) is 1. The molecule has 0 saturated heterocycles. The van der Waals surface area contributed by atoms with Crippen molar-refractivity contribution in [1.29, 1.82) is 0 Å². The topological polar surface area (TPSA) is 41.5 Å². The van der Waals surface area contributed by atoms with Crippen LogP contribution in [0.25, 0.3) is 0 Å². The summed E-state index contributed by atoms with van der Waals surface area (Å²) in [6.45, 7) is 4.07.